The molecule has 152 valence electrons. The van der Waals surface area contributed by atoms with E-state index in [0.717, 1.165) is 34.6 Å². The van der Waals surface area contributed by atoms with Crippen LogP contribution in [0.2, 0.25) is 0 Å². The molecule has 3 unspecified atom stereocenters. The van der Waals surface area contributed by atoms with E-state index in [4.69, 9.17) is 28.4 Å². The van der Waals surface area contributed by atoms with Gasteiger partial charge >= 0.3 is 29.8 Å². The number of hydrogen-bond donors (Lipinski definition) is 0. The van der Waals surface area contributed by atoms with Gasteiger partial charge in [0, 0.05) is 34.6 Å². The summed E-state index contributed by atoms with van der Waals surface area (Å²) < 4.78 is 30.8. The highest BCUT2D eigenvalue weighted by atomic mass is 16.7. The summed E-state index contributed by atoms with van der Waals surface area (Å²) in [6, 6.07) is 0. The molecule has 11 heteroatoms. The third-order valence-corrected chi connectivity index (χ3v) is 3.23. The highest BCUT2D eigenvalue weighted by molar-refractivity contribution is 5.69. The Labute approximate surface area is 155 Å². The van der Waals surface area contributed by atoms with Gasteiger partial charge in [-0.25, -0.2) is 0 Å². The van der Waals surface area contributed by atoms with Crippen molar-refractivity contribution in [3.05, 3.63) is 0 Å². The number of hydrogen-bond acceptors (Lipinski definition) is 11. The smallest absolute Gasteiger partial charge is 0.305 e. The molecule has 0 aromatic rings. The summed E-state index contributed by atoms with van der Waals surface area (Å²) in [5, 5.41) is 0. The Morgan fingerprint density at radius 3 is 1.52 bits per heavy atom. The van der Waals surface area contributed by atoms with Crippen LogP contribution in [0.25, 0.3) is 0 Å². The van der Waals surface area contributed by atoms with Crippen LogP contribution >= 0.6 is 0 Å². The van der Waals surface area contributed by atoms with Crippen LogP contribution in [0, 0.1) is 0 Å². The summed E-state index contributed by atoms with van der Waals surface area (Å²) >= 11 is 0. The van der Waals surface area contributed by atoms with Crippen LogP contribution in [-0.4, -0.2) is 67.2 Å². The number of rotatable bonds is 6. The van der Waals surface area contributed by atoms with Crippen molar-refractivity contribution >= 4 is 29.8 Å². The topological polar surface area (TPSA) is 141 Å². The van der Waals surface area contributed by atoms with E-state index in [1.54, 1.807) is 0 Å². The lowest BCUT2D eigenvalue weighted by Gasteiger charge is -2.43. The fraction of sp³-hybridized carbons (Fsp3) is 0.688. The van der Waals surface area contributed by atoms with Gasteiger partial charge in [0.15, 0.2) is 12.2 Å². The van der Waals surface area contributed by atoms with Crippen molar-refractivity contribution in [1.29, 1.82) is 0 Å². The molecular formula is C16H22O11. The summed E-state index contributed by atoms with van der Waals surface area (Å²) in [6.07, 6.45) is -6.70. The maximum Gasteiger partial charge on any atom is 0.305 e. The molecule has 0 aromatic carbocycles. The predicted octanol–water partition coefficient (Wildman–Crippen LogP) is -0.367. The van der Waals surface area contributed by atoms with Crippen LogP contribution in [0.1, 0.15) is 34.6 Å². The molecule has 11 nitrogen and oxygen atoms in total. The molecule has 0 saturated carbocycles. The molecule has 0 aromatic heterocycles. The molecule has 0 aliphatic carbocycles. The first-order valence-electron chi connectivity index (χ1n) is 7.99. The summed E-state index contributed by atoms with van der Waals surface area (Å²) in [4.78, 5) is 57.0. The quantitative estimate of drug-likeness (QED) is 0.433. The van der Waals surface area contributed by atoms with Crippen LogP contribution in [0.15, 0.2) is 0 Å². The molecule has 0 radical (unpaired) electrons. The summed E-state index contributed by atoms with van der Waals surface area (Å²) in [7, 11) is 0. The van der Waals surface area contributed by atoms with Gasteiger partial charge in [-0.1, -0.05) is 0 Å². The van der Waals surface area contributed by atoms with E-state index < -0.39 is 67.2 Å². The van der Waals surface area contributed by atoms with E-state index >= 15 is 0 Å². The summed E-state index contributed by atoms with van der Waals surface area (Å²) in [5.74, 6) is -3.71. The Hall–Kier alpha value is -2.69. The molecule has 0 amide bonds. The van der Waals surface area contributed by atoms with E-state index in [9.17, 15) is 24.0 Å². The standard InChI is InChI=1S/C16H22O11/c1-7(17)22-6-12-13(23-8(2)18)14(24-9(3)19)15(25-10(4)20)16(27-12)26-11(5)21/h12-16H,6H2,1-5H3/t12?,13-,14?,15+,16?/m1/s1. The third-order valence-electron chi connectivity index (χ3n) is 3.23. The zero-order chi connectivity index (χ0) is 20.7. The van der Waals surface area contributed by atoms with Crippen molar-refractivity contribution < 1.29 is 52.4 Å². The van der Waals surface area contributed by atoms with Gasteiger partial charge < -0.3 is 28.4 Å². The second-order valence-corrected chi connectivity index (χ2v) is 5.68. The molecule has 1 fully saturated rings. The maximum atomic E-state index is 11.5. The molecule has 1 aliphatic heterocycles. The lowest BCUT2D eigenvalue weighted by atomic mass is 9.98. The highest BCUT2D eigenvalue weighted by Gasteiger charge is 2.53. The zero-order valence-electron chi connectivity index (χ0n) is 15.6. The zero-order valence-corrected chi connectivity index (χ0v) is 15.6. The van der Waals surface area contributed by atoms with E-state index in [0.29, 0.717) is 0 Å². The van der Waals surface area contributed by atoms with Gasteiger partial charge in [-0.2, -0.15) is 0 Å². The monoisotopic (exact) mass is 390 g/mol. The number of esters is 5. The van der Waals surface area contributed by atoms with Crippen LogP contribution < -0.4 is 0 Å². The summed E-state index contributed by atoms with van der Waals surface area (Å²) in [5.41, 5.74) is 0. The first-order chi connectivity index (χ1) is 12.5. The van der Waals surface area contributed by atoms with E-state index in [1.165, 1.54) is 0 Å². The van der Waals surface area contributed by atoms with E-state index in [-0.39, 0.29) is 0 Å². The van der Waals surface area contributed by atoms with Gasteiger partial charge in [0.2, 0.25) is 12.4 Å². The van der Waals surface area contributed by atoms with Crippen molar-refractivity contribution in [3.8, 4) is 0 Å². The number of carbonyl (C=O) groups excluding carboxylic acids is 5. The predicted molar refractivity (Wildman–Crippen MR) is 83.7 cm³/mol. The molecular weight excluding hydrogens is 368 g/mol. The molecule has 1 aliphatic rings. The third kappa shape index (κ3) is 7.21. The molecule has 27 heavy (non-hydrogen) atoms. The molecule has 1 saturated heterocycles. The Kier molecular flexibility index (Phi) is 8.16. The van der Waals surface area contributed by atoms with Gasteiger partial charge in [-0.15, -0.1) is 0 Å². The summed E-state index contributed by atoms with van der Waals surface area (Å²) in [6.45, 7) is 5.13. The SMILES string of the molecule is CC(=O)OCC1OC(OC(C)=O)[C@@H](OC(C)=O)C(OC(C)=O)[C@@H]1OC(C)=O. The highest BCUT2D eigenvalue weighted by Crippen LogP contribution is 2.29. The molecule has 1 heterocycles. The van der Waals surface area contributed by atoms with Gasteiger partial charge in [-0.3, -0.25) is 24.0 Å². The molecule has 5 atom stereocenters. The molecule has 0 bridgehead atoms. The van der Waals surface area contributed by atoms with Gasteiger partial charge in [-0.05, 0) is 0 Å². The molecule has 1 rings (SSSR count). The van der Waals surface area contributed by atoms with Crippen molar-refractivity contribution in [2.24, 2.45) is 0 Å². The second-order valence-electron chi connectivity index (χ2n) is 5.68. The lowest BCUT2D eigenvalue weighted by Crippen LogP contribution is -2.63. The van der Waals surface area contributed by atoms with Crippen LogP contribution in [0.3, 0.4) is 0 Å². The van der Waals surface area contributed by atoms with Crippen LogP contribution in [-0.2, 0) is 52.4 Å². The first-order valence-corrected chi connectivity index (χ1v) is 7.99. The maximum absolute atomic E-state index is 11.5. The Bertz CT molecular complexity index is 599. The van der Waals surface area contributed by atoms with Crippen molar-refractivity contribution in [2.75, 3.05) is 6.61 Å². The van der Waals surface area contributed by atoms with Crippen LogP contribution in [0.5, 0.6) is 0 Å². The minimum absolute atomic E-state index is 0.393. The van der Waals surface area contributed by atoms with Crippen molar-refractivity contribution in [2.45, 2.75) is 65.3 Å². The normalized spacial score (nSPS) is 27.1. The molecule has 0 spiro atoms. The largest absolute Gasteiger partial charge is 0.463 e. The average Bonchev–Trinajstić information content (AvgIpc) is 2.49. The fourth-order valence-corrected chi connectivity index (χ4v) is 2.45. The average molecular weight is 390 g/mol. The van der Waals surface area contributed by atoms with Crippen molar-refractivity contribution in [3.63, 3.8) is 0 Å². The van der Waals surface area contributed by atoms with E-state index in [2.05, 4.69) is 0 Å². The van der Waals surface area contributed by atoms with E-state index in [1.807, 2.05) is 0 Å². The minimum atomic E-state index is -1.48. The number of ether oxygens (including phenoxy) is 6. The first kappa shape index (κ1) is 22.4. The Morgan fingerprint density at radius 1 is 0.630 bits per heavy atom. The minimum Gasteiger partial charge on any atom is -0.463 e. The Balaban J connectivity index is 3.29. The van der Waals surface area contributed by atoms with Gasteiger partial charge in [0.1, 0.15) is 12.7 Å². The number of carbonyl (C=O) groups is 5. The fourth-order valence-electron chi connectivity index (χ4n) is 2.45. The van der Waals surface area contributed by atoms with Gasteiger partial charge in [0.25, 0.3) is 0 Å². The second kappa shape index (κ2) is 9.86. The molecule has 0 N–H and O–H groups in total. The Morgan fingerprint density at radius 2 is 1.07 bits per heavy atom. The van der Waals surface area contributed by atoms with Gasteiger partial charge in [0.05, 0.1) is 0 Å². The lowest BCUT2D eigenvalue weighted by molar-refractivity contribution is -0.300. The van der Waals surface area contributed by atoms with Crippen LogP contribution in [0.4, 0.5) is 0 Å². The van der Waals surface area contributed by atoms with Crippen molar-refractivity contribution in [1.82, 2.24) is 0 Å².